The normalized spacial score (nSPS) is 22.5. The van der Waals surface area contributed by atoms with E-state index in [9.17, 15) is 21.6 Å². The molecule has 30 heavy (non-hydrogen) atoms. The first-order valence-electron chi connectivity index (χ1n) is 10.5. The lowest BCUT2D eigenvalue weighted by molar-refractivity contribution is -0.122. The van der Waals surface area contributed by atoms with E-state index in [0.717, 1.165) is 44.8 Å². The van der Waals surface area contributed by atoms with E-state index in [1.54, 1.807) is 12.1 Å². The molecule has 1 N–H and O–H groups in total. The zero-order valence-corrected chi connectivity index (χ0v) is 18.9. The number of carbonyl (C=O) groups is 1. The maximum atomic E-state index is 12.8. The molecule has 168 valence electrons. The molecule has 1 amide bonds. The number of carbonyl (C=O) groups excluding carboxylic acids is 1. The van der Waals surface area contributed by atoms with Crippen LogP contribution in [-0.4, -0.2) is 47.7 Å². The molecule has 1 saturated carbocycles. The number of hydrogen-bond acceptors (Lipinski definition) is 6. The van der Waals surface area contributed by atoms with Gasteiger partial charge < -0.3 is 4.90 Å². The lowest BCUT2D eigenvalue weighted by Gasteiger charge is -2.19. The van der Waals surface area contributed by atoms with Crippen LogP contribution in [0.2, 0.25) is 0 Å². The van der Waals surface area contributed by atoms with Crippen LogP contribution in [-0.2, 0) is 29.1 Å². The number of nitrogens with one attached hydrogen (secondary N) is 1. The fourth-order valence-electron chi connectivity index (χ4n) is 4.05. The lowest BCUT2D eigenvalue weighted by Crippen LogP contribution is -2.35. The number of amides is 1. The quantitative estimate of drug-likeness (QED) is 0.656. The van der Waals surface area contributed by atoms with Crippen LogP contribution in [0, 0.1) is 0 Å². The Morgan fingerprint density at radius 2 is 1.47 bits per heavy atom. The Morgan fingerprint density at radius 3 is 2.03 bits per heavy atom. The van der Waals surface area contributed by atoms with Gasteiger partial charge in [0.1, 0.15) is 0 Å². The van der Waals surface area contributed by atoms with Crippen LogP contribution >= 0.6 is 0 Å². The molecule has 3 rings (SSSR count). The number of rotatable bonds is 6. The Labute approximate surface area is 179 Å². The minimum atomic E-state index is -3.73. The maximum absolute atomic E-state index is 12.8. The van der Waals surface area contributed by atoms with E-state index < -0.39 is 32.2 Å². The van der Waals surface area contributed by atoms with Crippen molar-refractivity contribution in [2.45, 2.75) is 74.8 Å². The molecule has 8 nitrogen and oxygen atoms in total. The Kier molecular flexibility index (Phi) is 7.54. The van der Waals surface area contributed by atoms with Crippen molar-refractivity contribution < 1.29 is 25.8 Å². The lowest BCUT2D eigenvalue weighted by atomic mass is 10.1. The van der Waals surface area contributed by atoms with Crippen molar-refractivity contribution in [1.82, 2.24) is 4.72 Å². The highest BCUT2D eigenvalue weighted by Gasteiger charge is 2.36. The molecule has 2 fully saturated rings. The predicted octanol–water partition coefficient (Wildman–Crippen LogP) is 2.55. The van der Waals surface area contributed by atoms with Gasteiger partial charge in [-0.1, -0.05) is 38.5 Å². The topological polar surface area (TPSA) is 110 Å². The van der Waals surface area contributed by atoms with Crippen LogP contribution in [0.25, 0.3) is 0 Å². The molecule has 1 unspecified atom stereocenters. The third-order valence-corrected chi connectivity index (χ3v) is 7.70. The predicted molar refractivity (Wildman–Crippen MR) is 114 cm³/mol. The minimum Gasteiger partial charge on any atom is -0.310 e. The van der Waals surface area contributed by atoms with Gasteiger partial charge in [-0.25, -0.2) is 13.1 Å². The molecule has 1 heterocycles. The molecule has 0 bridgehead atoms. The van der Waals surface area contributed by atoms with Crippen LogP contribution in [0.5, 0.6) is 0 Å². The molecule has 0 radical (unpaired) electrons. The zero-order chi connectivity index (χ0) is 21.8. The number of anilines is 1. The molecule has 1 atom stereocenters. The summed E-state index contributed by atoms with van der Waals surface area (Å²) in [5.74, 6) is -0.445. The molecular formula is C20H30N2O6S2. The van der Waals surface area contributed by atoms with Crippen molar-refractivity contribution in [3.05, 3.63) is 24.3 Å². The maximum Gasteiger partial charge on any atom is 0.265 e. The summed E-state index contributed by atoms with van der Waals surface area (Å²) in [6.07, 6.45) is 8.60. The highest BCUT2D eigenvalue weighted by Crippen LogP contribution is 2.26. The smallest absolute Gasteiger partial charge is 0.265 e. The SMILES string of the molecule is CS(=O)(=O)OC1CCN(c2ccc(S(=O)(=O)NC3CCCCCCCC3)cc2)C1=O. The third kappa shape index (κ3) is 6.26. The molecule has 0 aromatic heterocycles. The third-order valence-electron chi connectivity index (χ3n) is 5.58. The second-order valence-electron chi connectivity index (χ2n) is 8.08. The number of sulfonamides is 1. The van der Waals surface area contributed by atoms with E-state index >= 15 is 0 Å². The summed E-state index contributed by atoms with van der Waals surface area (Å²) < 4.78 is 55.9. The Bertz CT molecular complexity index is 934. The van der Waals surface area contributed by atoms with Gasteiger partial charge in [-0.2, -0.15) is 8.42 Å². The zero-order valence-electron chi connectivity index (χ0n) is 17.2. The summed E-state index contributed by atoms with van der Waals surface area (Å²) in [6, 6.07) is 6.04. The van der Waals surface area contributed by atoms with Gasteiger partial charge in [0.2, 0.25) is 10.0 Å². The fourth-order valence-corrected chi connectivity index (χ4v) is 5.96. The van der Waals surface area contributed by atoms with Gasteiger partial charge in [-0.05, 0) is 37.1 Å². The summed E-state index contributed by atoms with van der Waals surface area (Å²) in [6.45, 7) is 0.311. The van der Waals surface area contributed by atoms with Crippen LogP contribution < -0.4 is 9.62 Å². The molecule has 10 heteroatoms. The summed E-state index contributed by atoms with van der Waals surface area (Å²) in [7, 11) is -7.37. The van der Waals surface area contributed by atoms with Crippen molar-refractivity contribution in [3.8, 4) is 0 Å². The number of benzene rings is 1. The van der Waals surface area contributed by atoms with E-state index in [0.29, 0.717) is 12.2 Å². The highest BCUT2D eigenvalue weighted by atomic mass is 32.2. The van der Waals surface area contributed by atoms with Crippen molar-refractivity contribution in [3.63, 3.8) is 0 Å². The summed E-state index contributed by atoms with van der Waals surface area (Å²) in [5, 5.41) is 0. The fraction of sp³-hybridized carbons (Fsp3) is 0.650. The molecule has 1 aliphatic heterocycles. The number of hydrogen-bond donors (Lipinski definition) is 1. The van der Waals surface area contributed by atoms with Crippen LogP contribution in [0.3, 0.4) is 0 Å². The molecule has 1 aromatic carbocycles. The van der Waals surface area contributed by atoms with E-state index in [2.05, 4.69) is 4.72 Å². The average molecular weight is 459 g/mol. The summed E-state index contributed by atoms with van der Waals surface area (Å²) in [5.41, 5.74) is 0.515. The van der Waals surface area contributed by atoms with Gasteiger partial charge in [0, 0.05) is 24.7 Å². The largest absolute Gasteiger partial charge is 0.310 e. The molecule has 1 aliphatic carbocycles. The van der Waals surface area contributed by atoms with E-state index in [1.807, 2.05) is 0 Å². The van der Waals surface area contributed by atoms with Gasteiger partial charge in [-0.3, -0.25) is 8.98 Å². The Hall–Kier alpha value is -1.49. The van der Waals surface area contributed by atoms with Gasteiger partial charge >= 0.3 is 0 Å². The van der Waals surface area contributed by atoms with Gasteiger partial charge in [0.25, 0.3) is 16.0 Å². The van der Waals surface area contributed by atoms with Crippen molar-refractivity contribution >= 4 is 31.7 Å². The molecule has 1 saturated heterocycles. The minimum absolute atomic E-state index is 0.0539. The molecule has 1 aromatic rings. The van der Waals surface area contributed by atoms with Crippen molar-refractivity contribution in [2.75, 3.05) is 17.7 Å². The van der Waals surface area contributed by atoms with Crippen molar-refractivity contribution in [2.24, 2.45) is 0 Å². The van der Waals surface area contributed by atoms with Gasteiger partial charge in [-0.15, -0.1) is 0 Å². The van der Waals surface area contributed by atoms with Gasteiger partial charge in [0.05, 0.1) is 11.2 Å². The van der Waals surface area contributed by atoms with Crippen LogP contribution in [0.4, 0.5) is 5.69 Å². The van der Waals surface area contributed by atoms with Crippen molar-refractivity contribution in [1.29, 1.82) is 0 Å². The Balaban J connectivity index is 1.66. The van der Waals surface area contributed by atoms with E-state index in [1.165, 1.54) is 29.9 Å². The highest BCUT2D eigenvalue weighted by molar-refractivity contribution is 7.89. The summed E-state index contributed by atoms with van der Waals surface area (Å²) in [4.78, 5) is 14.0. The average Bonchev–Trinajstić information content (AvgIpc) is 3.07. The molecule has 0 spiro atoms. The van der Waals surface area contributed by atoms with E-state index in [-0.39, 0.29) is 17.4 Å². The summed E-state index contributed by atoms with van der Waals surface area (Å²) >= 11 is 0. The van der Waals surface area contributed by atoms with Crippen LogP contribution in [0.15, 0.2) is 29.2 Å². The molecular weight excluding hydrogens is 428 g/mol. The first kappa shape index (κ1) is 23.2. The second kappa shape index (κ2) is 9.76. The second-order valence-corrected chi connectivity index (χ2v) is 11.4. The first-order chi connectivity index (χ1) is 14.2. The number of nitrogens with zero attached hydrogens (tertiary/aromatic N) is 1. The standard InChI is InChI=1S/C20H30N2O6S2/c1-29(24,25)28-19-14-15-22(20(19)23)17-10-12-18(13-11-17)30(26,27)21-16-8-6-4-2-3-5-7-9-16/h10-13,16,19,21H,2-9,14-15H2,1H3. The van der Waals surface area contributed by atoms with Gasteiger partial charge in [0.15, 0.2) is 6.10 Å². The van der Waals surface area contributed by atoms with Crippen LogP contribution in [0.1, 0.15) is 57.8 Å². The Morgan fingerprint density at radius 1 is 0.900 bits per heavy atom. The first-order valence-corrected chi connectivity index (χ1v) is 13.8. The molecule has 2 aliphatic rings. The monoisotopic (exact) mass is 458 g/mol. The van der Waals surface area contributed by atoms with E-state index in [4.69, 9.17) is 4.18 Å².